The predicted molar refractivity (Wildman–Crippen MR) is 157 cm³/mol. The number of halogens is 1. The number of amides is 2. The van der Waals surface area contributed by atoms with Gasteiger partial charge in [0.15, 0.2) is 0 Å². The fraction of sp³-hybridized carbons (Fsp3) is 0.355. The maximum absolute atomic E-state index is 14.7. The van der Waals surface area contributed by atoms with Gasteiger partial charge >= 0.3 is 0 Å². The van der Waals surface area contributed by atoms with Gasteiger partial charge in [-0.05, 0) is 62.2 Å². The van der Waals surface area contributed by atoms with Crippen molar-refractivity contribution in [2.24, 2.45) is 0 Å². The van der Waals surface area contributed by atoms with Crippen LogP contribution in [0.1, 0.15) is 38.2 Å². The maximum Gasteiger partial charge on any atom is 0.264 e. The van der Waals surface area contributed by atoms with Gasteiger partial charge in [-0.1, -0.05) is 43.2 Å². The van der Waals surface area contributed by atoms with E-state index < -0.39 is 34.3 Å². The number of para-hydroxylation sites is 2. The van der Waals surface area contributed by atoms with Crippen molar-refractivity contribution >= 4 is 27.5 Å². The molecular formula is C31H36FN3O6S. The molecule has 0 aromatic heterocycles. The van der Waals surface area contributed by atoms with E-state index in [2.05, 4.69) is 5.32 Å². The van der Waals surface area contributed by atoms with E-state index in [-0.39, 0.29) is 40.4 Å². The van der Waals surface area contributed by atoms with Crippen molar-refractivity contribution in [1.82, 2.24) is 10.2 Å². The molecule has 1 atom stereocenters. The Morgan fingerprint density at radius 1 is 0.952 bits per heavy atom. The van der Waals surface area contributed by atoms with Crippen molar-refractivity contribution in [3.63, 3.8) is 0 Å². The molecule has 3 aromatic rings. The number of sulfonamides is 1. The number of nitrogens with one attached hydrogen (secondary N) is 1. The highest BCUT2D eigenvalue weighted by molar-refractivity contribution is 7.92. The second-order valence-electron chi connectivity index (χ2n) is 10.1. The number of rotatable bonds is 12. The Morgan fingerprint density at radius 3 is 2.24 bits per heavy atom. The van der Waals surface area contributed by atoms with Crippen LogP contribution >= 0.6 is 0 Å². The van der Waals surface area contributed by atoms with Crippen LogP contribution in [0.3, 0.4) is 0 Å². The van der Waals surface area contributed by atoms with Crippen molar-refractivity contribution in [2.75, 3.05) is 25.1 Å². The topological polar surface area (TPSA) is 105 Å². The summed E-state index contributed by atoms with van der Waals surface area (Å²) in [6.45, 7) is 0.672. The van der Waals surface area contributed by atoms with Gasteiger partial charge in [-0.2, -0.15) is 0 Å². The van der Waals surface area contributed by atoms with Crippen LogP contribution in [0.2, 0.25) is 0 Å². The molecule has 1 fully saturated rings. The molecule has 0 heterocycles. The molecule has 4 rings (SSSR count). The van der Waals surface area contributed by atoms with Crippen LogP contribution in [0.4, 0.5) is 10.1 Å². The summed E-state index contributed by atoms with van der Waals surface area (Å²) in [7, 11) is -1.44. The highest BCUT2D eigenvalue weighted by Gasteiger charge is 2.34. The van der Waals surface area contributed by atoms with Crippen molar-refractivity contribution in [1.29, 1.82) is 0 Å². The summed E-state index contributed by atoms with van der Waals surface area (Å²) in [5, 5.41) is 2.99. The van der Waals surface area contributed by atoms with Crippen LogP contribution in [0.15, 0.2) is 77.7 Å². The van der Waals surface area contributed by atoms with Crippen LogP contribution in [-0.4, -0.2) is 58.0 Å². The van der Waals surface area contributed by atoms with Gasteiger partial charge in [0.05, 0.1) is 24.8 Å². The first-order chi connectivity index (χ1) is 20.1. The number of benzene rings is 3. The molecule has 11 heteroatoms. The van der Waals surface area contributed by atoms with Gasteiger partial charge in [0.25, 0.3) is 10.0 Å². The lowest BCUT2D eigenvalue weighted by Gasteiger charge is -2.33. The van der Waals surface area contributed by atoms with E-state index in [0.717, 1.165) is 30.0 Å². The third-order valence-corrected chi connectivity index (χ3v) is 9.22. The van der Waals surface area contributed by atoms with Crippen molar-refractivity contribution in [2.45, 2.75) is 56.1 Å². The van der Waals surface area contributed by atoms with Crippen molar-refractivity contribution in [3.05, 3.63) is 84.2 Å². The second kappa shape index (κ2) is 13.7. The highest BCUT2D eigenvalue weighted by atomic mass is 32.2. The summed E-state index contributed by atoms with van der Waals surface area (Å²) in [5.74, 6) is -0.906. The molecule has 0 saturated heterocycles. The summed E-state index contributed by atoms with van der Waals surface area (Å²) in [4.78, 5) is 28.5. The summed E-state index contributed by atoms with van der Waals surface area (Å²) in [6.07, 6.45) is 3.71. The first-order valence-electron chi connectivity index (χ1n) is 13.8. The van der Waals surface area contributed by atoms with Gasteiger partial charge < -0.3 is 19.7 Å². The summed E-state index contributed by atoms with van der Waals surface area (Å²) in [5.41, 5.74) is 0.339. The number of carbonyl (C=O) groups excluding carboxylic acids is 2. The van der Waals surface area contributed by atoms with E-state index in [1.54, 1.807) is 31.2 Å². The minimum atomic E-state index is -4.31. The van der Waals surface area contributed by atoms with Crippen LogP contribution in [0.5, 0.6) is 11.5 Å². The Bertz CT molecular complexity index is 1490. The first kappa shape index (κ1) is 30.8. The van der Waals surface area contributed by atoms with Gasteiger partial charge in [-0.25, -0.2) is 12.8 Å². The number of anilines is 1. The lowest BCUT2D eigenvalue weighted by atomic mass is 10.1. The summed E-state index contributed by atoms with van der Waals surface area (Å²) < 4.78 is 54.3. The number of ether oxygens (including phenoxy) is 2. The van der Waals surface area contributed by atoms with E-state index in [1.807, 2.05) is 0 Å². The zero-order chi connectivity index (χ0) is 30.3. The zero-order valence-corrected chi connectivity index (χ0v) is 24.8. The normalized spacial score (nSPS) is 14.2. The molecule has 0 unspecified atom stereocenters. The van der Waals surface area contributed by atoms with Gasteiger partial charge in [0.1, 0.15) is 29.9 Å². The monoisotopic (exact) mass is 597 g/mol. The lowest BCUT2D eigenvalue weighted by molar-refractivity contribution is -0.139. The zero-order valence-electron chi connectivity index (χ0n) is 24.0. The molecule has 0 bridgehead atoms. The van der Waals surface area contributed by atoms with Crippen molar-refractivity contribution < 1.29 is 31.9 Å². The molecular weight excluding hydrogens is 561 g/mol. The Morgan fingerprint density at radius 2 is 1.60 bits per heavy atom. The molecule has 1 aliphatic carbocycles. The molecule has 0 spiro atoms. The Labute approximate surface area is 246 Å². The molecule has 1 N–H and O–H groups in total. The van der Waals surface area contributed by atoms with Crippen LogP contribution in [0.25, 0.3) is 0 Å². The van der Waals surface area contributed by atoms with E-state index in [4.69, 9.17) is 9.47 Å². The summed E-state index contributed by atoms with van der Waals surface area (Å²) >= 11 is 0. The highest BCUT2D eigenvalue weighted by Crippen LogP contribution is 2.33. The molecule has 0 aliphatic heterocycles. The molecule has 1 aliphatic rings. The molecule has 1 saturated carbocycles. The number of hydrogen-bond donors (Lipinski definition) is 1. The van der Waals surface area contributed by atoms with Gasteiger partial charge in [-0.3, -0.25) is 13.9 Å². The smallest absolute Gasteiger partial charge is 0.264 e. The average molecular weight is 598 g/mol. The van der Waals surface area contributed by atoms with E-state index in [1.165, 1.54) is 67.7 Å². The molecule has 224 valence electrons. The third kappa shape index (κ3) is 7.02. The van der Waals surface area contributed by atoms with E-state index in [9.17, 15) is 22.4 Å². The fourth-order valence-corrected chi connectivity index (χ4v) is 6.43. The van der Waals surface area contributed by atoms with E-state index >= 15 is 0 Å². The predicted octanol–water partition coefficient (Wildman–Crippen LogP) is 4.51. The van der Waals surface area contributed by atoms with Gasteiger partial charge in [0, 0.05) is 18.2 Å². The molecule has 2 amide bonds. The average Bonchev–Trinajstić information content (AvgIpc) is 3.52. The number of hydrogen-bond acceptors (Lipinski definition) is 6. The third-order valence-electron chi connectivity index (χ3n) is 7.45. The van der Waals surface area contributed by atoms with Gasteiger partial charge in [0.2, 0.25) is 11.8 Å². The Hall–Kier alpha value is -4.12. The first-order valence-corrected chi connectivity index (χ1v) is 15.2. The quantitative estimate of drug-likeness (QED) is 0.329. The lowest BCUT2D eigenvalue weighted by Crippen LogP contribution is -2.52. The molecule has 9 nitrogen and oxygen atoms in total. The minimum Gasteiger partial charge on any atom is -0.497 e. The van der Waals surface area contributed by atoms with Crippen LogP contribution in [-0.2, 0) is 26.2 Å². The van der Waals surface area contributed by atoms with Crippen molar-refractivity contribution in [3.8, 4) is 11.5 Å². The van der Waals surface area contributed by atoms with Gasteiger partial charge in [-0.15, -0.1) is 0 Å². The molecule has 0 radical (unpaired) electrons. The number of nitrogens with zero attached hydrogens (tertiary/aromatic N) is 2. The second-order valence-corrected chi connectivity index (χ2v) is 12.0. The fourth-order valence-electron chi connectivity index (χ4n) is 5.01. The SMILES string of the molecule is COc1ccc(S(=O)(=O)N(CC(=O)N(Cc2ccccc2F)[C@@H](C)C(=O)NC2CCCC2)c2ccccc2OC)cc1. The number of methoxy groups -OCH3 is 2. The standard InChI is InChI=1S/C31H36FN3O6S/c1-22(31(37)33-24-11-5-6-12-24)34(20-23-10-4-7-13-27(23)32)30(36)21-35(28-14-8-9-15-29(28)41-3)42(38,39)26-18-16-25(40-2)17-19-26/h4,7-10,13-19,22,24H,5-6,11-12,20-21H2,1-3H3,(H,33,37)/t22-/m0/s1. The van der Waals surface area contributed by atoms with Crippen LogP contribution < -0.4 is 19.1 Å². The van der Waals surface area contributed by atoms with E-state index in [0.29, 0.717) is 5.75 Å². The van der Waals surface area contributed by atoms with Crippen LogP contribution in [0, 0.1) is 5.82 Å². The minimum absolute atomic E-state index is 0.00546. The Balaban J connectivity index is 1.72. The summed E-state index contributed by atoms with van der Waals surface area (Å²) in [6, 6.07) is 17.2. The molecule has 42 heavy (non-hydrogen) atoms. The number of carbonyl (C=O) groups is 2. The maximum atomic E-state index is 14.7. The Kier molecular flexibility index (Phi) is 10.1. The largest absolute Gasteiger partial charge is 0.497 e. The molecule has 3 aromatic carbocycles.